The SMILES string of the molecule is Nc1ccc(/C=C/[B-](F)(F)F)cc1F. The summed E-state index contributed by atoms with van der Waals surface area (Å²) >= 11 is 0. The van der Waals surface area contributed by atoms with Gasteiger partial charge in [-0.1, -0.05) is 12.1 Å². The lowest BCUT2D eigenvalue weighted by molar-refractivity contribution is 0.499. The third-order valence-electron chi connectivity index (χ3n) is 1.53. The summed E-state index contributed by atoms with van der Waals surface area (Å²) in [6, 6.07) is 3.49. The summed E-state index contributed by atoms with van der Waals surface area (Å²) in [6.45, 7) is -4.98. The van der Waals surface area contributed by atoms with Gasteiger partial charge in [-0.15, -0.1) is 5.98 Å². The Bertz CT molecular complexity index is 359. The van der Waals surface area contributed by atoms with Crippen molar-refractivity contribution in [3.63, 3.8) is 0 Å². The van der Waals surface area contributed by atoms with E-state index in [1.165, 1.54) is 12.1 Å². The number of rotatable bonds is 2. The topological polar surface area (TPSA) is 26.0 Å². The maximum absolute atomic E-state index is 12.8. The third kappa shape index (κ3) is 3.12. The van der Waals surface area contributed by atoms with Gasteiger partial charge in [-0.3, -0.25) is 0 Å². The van der Waals surface area contributed by atoms with Crippen LogP contribution in [0.25, 0.3) is 6.08 Å². The first-order chi connectivity index (χ1) is 6.38. The van der Waals surface area contributed by atoms with E-state index in [1.54, 1.807) is 0 Å². The van der Waals surface area contributed by atoms with Gasteiger partial charge in [0.25, 0.3) is 0 Å². The summed E-state index contributed by atoms with van der Waals surface area (Å²) in [4.78, 5) is 0. The van der Waals surface area contributed by atoms with Gasteiger partial charge in [0.1, 0.15) is 5.82 Å². The quantitative estimate of drug-likeness (QED) is 0.447. The molecule has 1 aromatic rings. The lowest BCUT2D eigenvalue weighted by Gasteiger charge is -2.06. The molecular weight excluding hydrogens is 197 g/mol. The highest BCUT2D eigenvalue weighted by atomic mass is 19.4. The predicted octanol–water partition coefficient (Wildman–Crippen LogP) is 2.81. The molecule has 0 heterocycles. The van der Waals surface area contributed by atoms with Gasteiger partial charge in [-0.25, -0.2) is 4.39 Å². The zero-order chi connectivity index (χ0) is 10.8. The molecule has 2 N–H and O–H groups in total. The van der Waals surface area contributed by atoms with Gasteiger partial charge in [-0.2, -0.15) is 0 Å². The van der Waals surface area contributed by atoms with Crippen LogP contribution in [0.1, 0.15) is 5.56 Å². The minimum Gasteiger partial charge on any atom is -0.445 e. The van der Waals surface area contributed by atoms with Crippen LogP contribution in [0, 0.1) is 5.82 Å². The summed E-state index contributed by atoms with van der Waals surface area (Å²) in [5.41, 5.74) is 5.20. The molecule has 0 aliphatic heterocycles. The zero-order valence-corrected chi connectivity index (χ0v) is 7.05. The van der Waals surface area contributed by atoms with Gasteiger partial charge in [0.15, 0.2) is 0 Å². The van der Waals surface area contributed by atoms with Gasteiger partial charge >= 0.3 is 6.98 Å². The maximum atomic E-state index is 12.8. The van der Waals surface area contributed by atoms with Crippen LogP contribution < -0.4 is 5.73 Å². The van der Waals surface area contributed by atoms with Crippen LogP contribution >= 0.6 is 0 Å². The molecule has 76 valence electrons. The number of halogens is 4. The van der Waals surface area contributed by atoms with Crippen LogP contribution in [-0.4, -0.2) is 6.98 Å². The standard InChI is InChI=1S/C8H7BF4N/c10-7-5-6(1-2-8(7)14)3-4-9(11,12)13/h1-5H,14H2/q-1/b4-3+. The molecule has 1 nitrogen and oxygen atoms in total. The van der Waals surface area contributed by atoms with Crippen molar-refractivity contribution in [1.82, 2.24) is 0 Å². The number of anilines is 1. The Morgan fingerprint density at radius 3 is 2.36 bits per heavy atom. The van der Waals surface area contributed by atoms with Gasteiger partial charge < -0.3 is 18.7 Å². The Kier molecular flexibility index (Phi) is 2.83. The van der Waals surface area contributed by atoms with Gasteiger partial charge in [-0.05, 0) is 17.7 Å². The van der Waals surface area contributed by atoms with E-state index in [0.717, 1.165) is 12.1 Å². The first kappa shape index (κ1) is 10.6. The lowest BCUT2D eigenvalue weighted by atomic mass is 9.90. The predicted molar refractivity (Wildman–Crippen MR) is 48.9 cm³/mol. The summed E-state index contributed by atoms with van der Waals surface area (Å²) in [7, 11) is 0. The Morgan fingerprint density at radius 2 is 1.86 bits per heavy atom. The fourth-order valence-corrected chi connectivity index (χ4v) is 0.867. The molecule has 0 amide bonds. The minimum absolute atomic E-state index is 0.0836. The van der Waals surface area contributed by atoms with Crippen LogP contribution in [0.2, 0.25) is 0 Å². The van der Waals surface area contributed by atoms with Crippen LogP contribution in [-0.2, 0) is 0 Å². The molecule has 0 aliphatic carbocycles. The van der Waals surface area contributed by atoms with E-state index in [-0.39, 0.29) is 17.2 Å². The highest BCUT2D eigenvalue weighted by molar-refractivity contribution is 6.64. The van der Waals surface area contributed by atoms with Crippen molar-refractivity contribution in [3.05, 3.63) is 35.6 Å². The van der Waals surface area contributed by atoms with Crippen molar-refractivity contribution in [2.75, 3.05) is 5.73 Å². The fourth-order valence-electron chi connectivity index (χ4n) is 0.867. The number of benzene rings is 1. The number of hydrogen-bond acceptors (Lipinski definition) is 1. The molecule has 0 unspecified atom stereocenters. The molecule has 0 radical (unpaired) electrons. The van der Waals surface area contributed by atoms with Crippen molar-refractivity contribution in [2.45, 2.75) is 0 Å². The summed E-state index contributed by atoms with van der Waals surface area (Å²) in [5.74, 6) is -0.618. The van der Waals surface area contributed by atoms with Crippen LogP contribution in [0.15, 0.2) is 24.2 Å². The van der Waals surface area contributed by atoms with Crippen molar-refractivity contribution >= 4 is 18.7 Å². The first-order valence-electron chi connectivity index (χ1n) is 3.83. The molecular formula is C8H7BF4N-. The van der Waals surface area contributed by atoms with Crippen molar-refractivity contribution in [1.29, 1.82) is 0 Å². The normalized spacial score (nSPS) is 12.3. The lowest BCUT2D eigenvalue weighted by Crippen LogP contribution is -2.09. The molecule has 0 fully saturated rings. The second-order valence-electron chi connectivity index (χ2n) is 2.77. The van der Waals surface area contributed by atoms with Crippen molar-refractivity contribution < 1.29 is 17.3 Å². The summed E-state index contributed by atoms with van der Waals surface area (Å²) in [5, 5.41) is 0. The summed E-state index contributed by atoms with van der Waals surface area (Å²) < 4.78 is 48.1. The molecule has 0 bridgehead atoms. The fraction of sp³-hybridized carbons (Fsp3) is 0. The van der Waals surface area contributed by atoms with Gasteiger partial charge in [0, 0.05) is 0 Å². The average Bonchev–Trinajstić information content (AvgIpc) is 2.06. The Labute approximate surface area is 78.3 Å². The molecule has 1 rings (SSSR count). The van der Waals surface area contributed by atoms with E-state index < -0.39 is 12.8 Å². The molecule has 0 spiro atoms. The van der Waals surface area contributed by atoms with Crippen molar-refractivity contribution in [3.8, 4) is 0 Å². The molecule has 1 aromatic carbocycles. The number of hydrogen-bond donors (Lipinski definition) is 1. The van der Waals surface area contributed by atoms with E-state index in [1.807, 2.05) is 0 Å². The second kappa shape index (κ2) is 3.73. The summed E-state index contributed by atoms with van der Waals surface area (Å²) in [6.07, 6.45) is 0.808. The number of nitrogens with two attached hydrogens (primary N) is 1. The molecule has 0 aliphatic rings. The van der Waals surface area contributed by atoms with Gasteiger partial charge in [0.05, 0.1) is 5.69 Å². The van der Waals surface area contributed by atoms with E-state index >= 15 is 0 Å². The van der Waals surface area contributed by atoms with E-state index in [0.29, 0.717) is 0 Å². The Hall–Kier alpha value is -1.46. The Morgan fingerprint density at radius 1 is 1.21 bits per heavy atom. The Balaban J connectivity index is 2.89. The molecule has 0 saturated carbocycles. The highest BCUT2D eigenvalue weighted by Gasteiger charge is 2.16. The van der Waals surface area contributed by atoms with Gasteiger partial charge in [0.2, 0.25) is 0 Å². The molecule has 0 saturated heterocycles. The third-order valence-corrected chi connectivity index (χ3v) is 1.53. The van der Waals surface area contributed by atoms with Crippen LogP contribution in [0.4, 0.5) is 23.0 Å². The minimum atomic E-state index is -4.98. The second-order valence-corrected chi connectivity index (χ2v) is 2.77. The maximum Gasteiger partial charge on any atom is 0.502 e. The highest BCUT2D eigenvalue weighted by Crippen LogP contribution is 2.16. The van der Waals surface area contributed by atoms with E-state index in [4.69, 9.17) is 5.73 Å². The largest absolute Gasteiger partial charge is 0.502 e. The van der Waals surface area contributed by atoms with Crippen LogP contribution in [0.5, 0.6) is 0 Å². The van der Waals surface area contributed by atoms with E-state index in [2.05, 4.69) is 0 Å². The van der Waals surface area contributed by atoms with Crippen molar-refractivity contribution in [2.24, 2.45) is 0 Å². The smallest absolute Gasteiger partial charge is 0.445 e. The zero-order valence-electron chi connectivity index (χ0n) is 7.05. The van der Waals surface area contributed by atoms with Crippen LogP contribution in [0.3, 0.4) is 0 Å². The first-order valence-corrected chi connectivity index (χ1v) is 3.83. The molecule has 14 heavy (non-hydrogen) atoms. The van der Waals surface area contributed by atoms with E-state index in [9.17, 15) is 17.3 Å². The average molecular weight is 204 g/mol. The molecule has 6 heteroatoms. The molecule has 0 atom stereocenters. The monoisotopic (exact) mass is 204 g/mol. The molecule has 0 aromatic heterocycles. The number of nitrogen functional groups attached to an aromatic ring is 1.